The highest BCUT2D eigenvalue weighted by Gasteiger charge is 2.08. The molecule has 0 saturated carbocycles. The largest absolute Gasteiger partial charge is 0.438 e. The van der Waals surface area contributed by atoms with Gasteiger partial charge in [-0.2, -0.15) is 0 Å². The molecule has 0 unspecified atom stereocenters. The van der Waals surface area contributed by atoms with Gasteiger partial charge in [-0.15, -0.1) is 0 Å². The van der Waals surface area contributed by atoms with Crippen molar-refractivity contribution in [2.75, 3.05) is 5.32 Å². The lowest BCUT2D eigenvalue weighted by atomic mass is 10.2. The maximum Gasteiger partial charge on any atom is 0.258 e. The van der Waals surface area contributed by atoms with Crippen molar-refractivity contribution >= 4 is 23.8 Å². The molecule has 0 spiro atoms. The topological polar surface area (TPSA) is 79.9 Å². The normalized spacial score (nSPS) is 10.1. The Labute approximate surface area is 137 Å². The highest BCUT2D eigenvalue weighted by Crippen LogP contribution is 2.21. The van der Waals surface area contributed by atoms with Gasteiger partial charge >= 0.3 is 0 Å². The van der Waals surface area contributed by atoms with Crippen molar-refractivity contribution in [3.63, 3.8) is 0 Å². The summed E-state index contributed by atoms with van der Waals surface area (Å²) in [5, 5.41) is 2.78. The molecule has 23 heavy (non-hydrogen) atoms. The number of carbonyl (C=O) groups excluding carboxylic acids is 1. The molecule has 2 N–H and O–H groups in total. The zero-order valence-corrected chi connectivity index (χ0v) is 12.7. The summed E-state index contributed by atoms with van der Waals surface area (Å²) in [6.45, 7) is 0. The van der Waals surface area contributed by atoms with E-state index in [1.54, 1.807) is 55.0 Å². The molecule has 0 bridgehead atoms. The monoisotopic (exact) mass is 324 g/mol. The molecule has 3 aromatic rings. The third-order valence-corrected chi connectivity index (χ3v) is 3.27. The number of anilines is 1. The Morgan fingerprint density at radius 3 is 2.70 bits per heavy atom. The van der Waals surface area contributed by atoms with E-state index in [2.05, 4.69) is 20.3 Å². The lowest BCUT2D eigenvalue weighted by Gasteiger charge is -2.07. The van der Waals surface area contributed by atoms with E-state index in [0.29, 0.717) is 27.5 Å². The predicted molar refractivity (Wildman–Crippen MR) is 88.1 cm³/mol. The van der Waals surface area contributed by atoms with Crippen LogP contribution in [-0.2, 0) is 0 Å². The van der Waals surface area contributed by atoms with Crippen LogP contribution < -0.4 is 10.1 Å². The molecule has 7 heteroatoms. The molecule has 1 amide bonds. The summed E-state index contributed by atoms with van der Waals surface area (Å²) < 4.78 is 5.93. The molecule has 114 valence electrons. The molecule has 0 aliphatic heterocycles. The number of rotatable bonds is 4. The van der Waals surface area contributed by atoms with Crippen molar-refractivity contribution in [1.82, 2.24) is 15.0 Å². The second kappa shape index (κ2) is 6.80. The van der Waals surface area contributed by atoms with Gasteiger partial charge in [0, 0.05) is 24.3 Å². The van der Waals surface area contributed by atoms with Gasteiger partial charge < -0.3 is 15.0 Å². The fraction of sp³-hybridized carbons (Fsp3) is 0. The quantitative estimate of drug-likeness (QED) is 0.717. The smallest absolute Gasteiger partial charge is 0.258 e. The van der Waals surface area contributed by atoms with E-state index < -0.39 is 0 Å². The van der Waals surface area contributed by atoms with Crippen LogP contribution in [0.15, 0.2) is 61.2 Å². The summed E-state index contributed by atoms with van der Waals surface area (Å²) >= 11 is 5.09. The number of amides is 1. The van der Waals surface area contributed by atoms with Crippen LogP contribution in [0.25, 0.3) is 0 Å². The van der Waals surface area contributed by atoms with Gasteiger partial charge in [0.25, 0.3) is 5.91 Å². The Morgan fingerprint density at radius 1 is 1.17 bits per heavy atom. The van der Waals surface area contributed by atoms with Crippen molar-refractivity contribution in [1.29, 1.82) is 0 Å². The first-order valence-corrected chi connectivity index (χ1v) is 7.16. The van der Waals surface area contributed by atoms with E-state index >= 15 is 0 Å². The van der Waals surface area contributed by atoms with E-state index in [-0.39, 0.29) is 5.91 Å². The first-order chi connectivity index (χ1) is 11.2. The number of pyridine rings is 1. The van der Waals surface area contributed by atoms with E-state index in [0.717, 1.165) is 0 Å². The molecule has 0 fully saturated rings. The number of ether oxygens (including phenoxy) is 1. The second-order valence-electron chi connectivity index (χ2n) is 4.54. The van der Waals surface area contributed by atoms with E-state index in [4.69, 9.17) is 17.0 Å². The number of hydrogen-bond donors (Lipinski definition) is 2. The van der Waals surface area contributed by atoms with Crippen LogP contribution in [-0.4, -0.2) is 20.9 Å². The third-order valence-electron chi connectivity index (χ3n) is 2.94. The number of carbonyl (C=O) groups is 1. The summed E-state index contributed by atoms with van der Waals surface area (Å²) in [7, 11) is 0. The molecule has 1 aromatic carbocycles. The number of aromatic amines is 1. The summed E-state index contributed by atoms with van der Waals surface area (Å²) in [4.78, 5) is 22.9. The molecular formula is C16H12N4O2S. The average Bonchev–Trinajstić information content (AvgIpc) is 2.58. The summed E-state index contributed by atoms with van der Waals surface area (Å²) in [5.74, 6) is 0.731. The van der Waals surface area contributed by atoms with Gasteiger partial charge in [0.2, 0.25) is 5.88 Å². The number of nitrogens with zero attached hydrogens (tertiary/aromatic N) is 2. The molecule has 0 radical (unpaired) electrons. The number of hydrogen-bond acceptors (Lipinski definition) is 5. The van der Waals surface area contributed by atoms with Gasteiger partial charge in [-0.1, -0.05) is 12.2 Å². The Hall–Kier alpha value is -3.06. The Morgan fingerprint density at radius 2 is 2.00 bits per heavy atom. The van der Waals surface area contributed by atoms with Crippen LogP contribution in [0.5, 0.6) is 11.6 Å². The molecule has 0 atom stereocenters. The lowest BCUT2D eigenvalue weighted by Crippen LogP contribution is -2.12. The molecule has 2 heterocycles. The fourth-order valence-electron chi connectivity index (χ4n) is 1.86. The maximum absolute atomic E-state index is 12.2. The van der Waals surface area contributed by atoms with Crippen molar-refractivity contribution < 1.29 is 9.53 Å². The SMILES string of the molecule is O=C(Nc1ccc(Oc2cnccn2)cc1)c1ccc[nH]c1=S. The van der Waals surface area contributed by atoms with Crippen LogP contribution in [0.1, 0.15) is 10.4 Å². The van der Waals surface area contributed by atoms with Gasteiger partial charge in [-0.05, 0) is 36.4 Å². The minimum atomic E-state index is -0.269. The van der Waals surface area contributed by atoms with Gasteiger partial charge in [-0.3, -0.25) is 9.78 Å². The third kappa shape index (κ3) is 3.78. The zero-order chi connectivity index (χ0) is 16.1. The molecule has 0 saturated heterocycles. The second-order valence-corrected chi connectivity index (χ2v) is 4.95. The Bertz CT molecular complexity index is 863. The van der Waals surface area contributed by atoms with Crippen LogP contribution in [0.3, 0.4) is 0 Å². The molecule has 6 nitrogen and oxygen atoms in total. The molecule has 0 aliphatic rings. The maximum atomic E-state index is 12.2. The van der Waals surface area contributed by atoms with Crippen LogP contribution in [0.2, 0.25) is 0 Å². The summed E-state index contributed by atoms with van der Waals surface area (Å²) in [6, 6.07) is 10.3. The van der Waals surface area contributed by atoms with Crippen LogP contribution in [0, 0.1) is 4.64 Å². The first-order valence-electron chi connectivity index (χ1n) is 6.75. The highest BCUT2D eigenvalue weighted by atomic mass is 32.1. The summed E-state index contributed by atoms with van der Waals surface area (Å²) in [6.07, 6.45) is 6.32. The molecule has 0 aliphatic carbocycles. The average molecular weight is 324 g/mol. The first kappa shape index (κ1) is 14.9. The van der Waals surface area contributed by atoms with Gasteiger partial charge in [0.05, 0.1) is 11.8 Å². The van der Waals surface area contributed by atoms with E-state index in [1.165, 1.54) is 6.20 Å². The zero-order valence-electron chi connectivity index (χ0n) is 11.9. The number of benzene rings is 1. The number of aromatic nitrogens is 3. The van der Waals surface area contributed by atoms with Crippen molar-refractivity contribution in [3.8, 4) is 11.6 Å². The van der Waals surface area contributed by atoms with E-state index in [9.17, 15) is 4.79 Å². The molecule has 3 rings (SSSR count). The van der Waals surface area contributed by atoms with Gasteiger partial charge in [-0.25, -0.2) is 4.98 Å². The number of nitrogens with one attached hydrogen (secondary N) is 2. The minimum absolute atomic E-state index is 0.269. The van der Waals surface area contributed by atoms with Gasteiger partial charge in [0.15, 0.2) is 0 Å². The predicted octanol–water partition coefficient (Wildman–Crippen LogP) is 3.58. The number of H-pyrrole nitrogens is 1. The Balaban J connectivity index is 1.69. The lowest BCUT2D eigenvalue weighted by molar-refractivity contribution is 0.102. The molecular weight excluding hydrogens is 312 g/mol. The summed E-state index contributed by atoms with van der Waals surface area (Å²) in [5.41, 5.74) is 1.06. The van der Waals surface area contributed by atoms with Gasteiger partial charge in [0.1, 0.15) is 10.4 Å². The van der Waals surface area contributed by atoms with Crippen molar-refractivity contribution in [3.05, 3.63) is 71.4 Å². The standard InChI is InChI=1S/C16H12N4O2S/c21-15(13-2-1-7-19-16(13)23)20-11-3-5-12(6-4-11)22-14-10-17-8-9-18-14/h1-10H,(H,19,23)(H,20,21). The Kier molecular flexibility index (Phi) is 4.39. The minimum Gasteiger partial charge on any atom is -0.438 e. The van der Waals surface area contributed by atoms with Crippen molar-refractivity contribution in [2.45, 2.75) is 0 Å². The highest BCUT2D eigenvalue weighted by molar-refractivity contribution is 7.71. The van der Waals surface area contributed by atoms with Crippen molar-refractivity contribution in [2.24, 2.45) is 0 Å². The fourth-order valence-corrected chi connectivity index (χ4v) is 2.09. The molecule has 2 aromatic heterocycles. The van der Waals surface area contributed by atoms with E-state index in [1.807, 2.05) is 0 Å². The van der Waals surface area contributed by atoms with Crippen LogP contribution >= 0.6 is 12.2 Å². The van der Waals surface area contributed by atoms with Crippen LogP contribution in [0.4, 0.5) is 5.69 Å².